The van der Waals surface area contributed by atoms with Gasteiger partial charge in [-0.3, -0.25) is 4.79 Å². The molecule has 0 atom stereocenters. The number of aryl methyl sites for hydroxylation is 1. The molecule has 0 aromatic carbocycles. The summed E-state index contributed by atoms with van der Waals surface area (Å²) < 4.78 is 4.73. The zero-order chi connectivity index (χ0) is 8.81. The van der Waals surface area contributed by atoms with Crippen molar-refractivity contribution in [2.45, 2.75) is 25.7 Å². The molecule has 1 heterocycles. The van der Waals surface area contributed by atoms with E-state index in [9.17, 15) is 4.79 Å². The van der Waals surface area contributed by atoms with Gasteiger partial charge >= 0.3 is 5.97 Å². The van der Waals surface area contributed by atoms with E-state index in [1.165, 1.54) is 6.33 Å². The van der Waals surface area contributed by atoms with Gasteiger partial charge < -0.3 is 9.63 Å². The fraction of sp³-hybridized carbons (Fsp3) is 0.571. The van der Waals surface area contributed by atoms with Crippen LogP contribution in [0.3, 0.4) is 0 Å². The maximum atomic E-state index is 10.1. The lowest BCUT2D eigenvalue weighted by molar-refractivity contribution is -0.137. The van der Waals surface area contributed by atoms with Crippen LogP contribution in [0.2, 0.25) is 0 Å². The minimum Gasteiger partial charge on any atom is -0.481 e. The molecule has 0 saturated carbocycles. The first kappa shape index (κ1) is 8.70. The lowest BCUT2D eigenvalue weighted by Gasteiger charge is -1.92. The predicted molar refractivity (Wildman–Crippen MR) is 39.5 cm³/mol. The monoisotopic (exact) mass is 170 g/mol. The smallest absolute Gasteiger partial charge is 0.303 e. The van der Waals surface area contributed by atoms with E-state index in [2.05, 4.69) is 10.1 Å². The van der Waals surface area contributed by atoms with Crippen LogP contribution in [0.1, 0.15) is 25.2 Å². The summed E-state index contributed by atoms with van der Waals surface area (Å²) in [6.45, 7) is 0. The van der Waals surface area contributed by atoms with E-state index < -0.39 is 5.97 Å². The maximum Gasteiger partial charge on any atom is 0.303 e. The maximum absolute atomic E-state index is 10.1. The van der Waals surface area contributed by atoms with Gasteiger partial charge in [-0.05, 0) is 12.8 Å². The van der Waals surface area contributed by atoms with Crippen LogP contribution in [0.4, 0.5) is 0 Å². The summed E-state index contributed by atoms with van der Waals surface area (Å²) in [5.74, 6) is -0.194. The molecule has 1 aromatic heterocycles. The molecular formula is C7H10N2O3. The molecule has 0 radical (unpaired) electrons. The average molecular weight is 170 g/mol. The Kier molecular flexibility index (Phi) is 3.25. The van der Waals surface area contributed by atoms with Gasteiger partial charge in [0.1, 0.15) is 0 Å². The largest absolute Gasteiger partial charge is 0.481 e. The lowest BCUT2D eigenvalue weighted by Crippen LogP contribution is -1.94. The first-order valence-electron chi connectivity index (χ1n) is 3.76. The molecule has 0 unspecified atom stereocenters. The van der Waals surface area contributed by atoms with E-state index in [0.29, 0.717) is 18.7 Å². The Balaban J connectivity index is 2.07. The Hall–Kier alpha value is -1.39. The van der Waals surface area contributed by atoms with Crippen molar-refractivity contribution in [3.8, 4) is 0 Å². The Labute approximate surface area is 69.4 Å². The highest BCUT2D eigenvalue weighted by atomic mass is 16.5. The summed E-state index contributed by atoms with van der Waals surface area (Å²) in [5.41, 5.74) is 0. The predicted octanol–water partition coefficient (Wildman–Crippen LogP) is 0.867. The van der Waals surface area contributed by atoms with Crippen LogP contribution < -0.4 is 0 Å². The second-order valence-corrected chi connectivity index (χ2v) is 2.44. The summed E-state index contributed by atoms with van der Waals surface area (Å²) in [6, 6.07) is 0. The van der Waals surface area contributed by atoms with Crippen LogP contribution in [-0.2, 0) is 11.2 Å². The lowest BCUT2D eigenvalue weighted by atomic mass is 10.2. The van der Waals surface area contributed by atoms with Crippen molar-refractivity contribution in [2.24, 2.45) is 0 Å². The zero-order valence-electron chi connectivity index (χ0n) is 6.56. The molecule has 0 amide bonds. The molecule has 0 saturated heterocycles. The number of carbonyl (C=O) groups is 1. The van der Waals surface area contributed by atoms with Crippen LogP contribution in [0.25, 0.3) is 0 Å². The van der Waals surface area contributed by atoms with E-state index in [1.807, 2.05) is 0 Å². The van der Waals surface area contributed by atoms with E-state index in [0.717, 1.165) is 6.42 Å². The minimum atomic E-state index is -0.763. The number of hydrogen-bond acceptors (Lipinski definition) is 4. The number of aromatic nitrogens is 2. The summed E-state index contributed by atoms with van der Waals surface area (Å²) in [7, 11) is 0. The van der Waals surface area contributed by atoms with Gasteiger partial charge in [0.05, 0.1) is 0 Å². The normalized spacial score (nSPS) is 10.0. The summed E-state index contributed by atoms with van der Waals surface area (Å²) in [6.07, 6.45) is 3.63. The van der Waals surface area contributed by atoms with Crippen LogP contribution in [0.5, 0.6) is 0 Å². The molecule has 0 bridgehead atoms. The minimum absolute atomic E-state index is 0.203. The number of carboxylic acids is 1. The molecule has 0 aliphatic heterocycles. The Morgan fingerprint density at radius 3 is 3.00 bits per heavy atom. The molecule has 0 spiro atoms. The number of carboxylic acid groups (broad SMARTS) is 1. The van der Waals surface area contributed by atoms with E-state index in [-0.39, 0.29) is 6.42 Å². The van der Waals surface area contributed by atoms with Gasteiger partial charge in [-0.1, -0.05) is 5.16 Å². The highest BCUT2D eigenvalue weighted by Crippen LogP contribution is 2.02. The quantitative estimate of drug-likeness (QED) is 0.663. The Morgan fingerprint density at radius 2 is 2.42 bits per heavy atom. The van der Waals surface area contributed by atoms with Crippen LogP contribution >= 0.6 is 0 Å². The van der Waals surface area contributed by atoms with Gasteiger partial charge in [0.15, 0.2) is 6.33 Å². The van der Waals surface area contributed by atoms with E-state index in [1.54, 1.807) is 0 Å². The molecule has 0 fully saturated rings. The van der Waals surface area contributed by atoms with Crippen molar-refractivity contribution in [3.63, 3.8) is 0 Å². The van der Waals surface area contributed by atoms with Gasteiger partial charge in [-0.15, -0.1) is 0 Å². The third-order valence-electron chi connectivity index (χ3n) is 1.44. The second kappa shape index (κ2) is 4.48. The fourth-order valence-electron chi connectivity index (χ4n) is 0.859. The van der Waals surface area contributed by atoms with Crippen molar-refractivity contribution in [3.05, 3.63) is 12.2 Å². The molecule has 5 nitrogen and oxygen atoms in total. The fourth-order valence-corrected chi connectivity index (χ4v) is 0.859. The standard InChI is InChI=1S/C7H10N2O3/c10-7(11)4-2-1-3-6-8-5-9-12-6/h5H,1-4H2,(H,10,11). The Morgan fingerprint density at radius 1 is 1.58 bits per heavy atom. The first-order chi connectivity index (χ1) is 5.79. The number of nitrogens with zero attached hydrogens (tertiary/aromatic N) is 2. The SMILES string of the molecule is O=C(O)CCCCc1ncno1. The van der Waals surface area contributed by atoms with Crippen LogP contribution in [-0.4, -0.2) is 21.2 Å². The number of hydrogen-bond donors (Lipinski definition) is 1. The molecule has 1 N–H and O–H groups in total. The number of rotatable bonds is 5. The van der Waals surface area contributed by atoms with Crippen molar-refractivity contribution in [2.75, 3.05) is 0 Å². The van der Waals surface area contributed by atoms with Crippen molar-refractivity contribution in [1.82, 2.24) is 10.1 Å². The molecule has 5 heteroatoms. The van der Waals surface area contributed by atoms with Gasteiger partial charge in [0.25, 0.3) is 0 Å². The molecule has 0 aliphatic rings. The molecule has 1 aromatic rings. The topological polar surface area (TPSA) is 76.2 Å². The molecule has 66 valence electrons. The van der Waals surface area contributed by atoms with Gasteiger partial charge in [-0.2, -0.15) is 4.98 Å². The third kappa shape index (κ3) is 3.14. The van der Waals surface area contributed by atoms with Gasteiger partial charge in [-0.25, -0.2) is 0 Å². The zero-order valence-corrected chi connectivity index (χ0v) is 6.56. The number of aliphatic carboxylic acids is 1. The van der Waals surface area contributed by atoms with Gasteiger partial charge in [0.2, 0.25) is 5.89 Å². The summed E-state index contributed by atoms with van der Waals surface area (Å²) in [4.78, 5) is 13.9. The van der Waals surface area contributed by atoms with E-state index >= 15 is 0 Å². The van der Waals surface area contributed by atoms with Crippen molar-refractivity contribution in [1.29, 1.82) is 0 Å². The third-order valence-corrected chi connectivity index (χ3v) is 1.44. The van der Waals surface area contributed by atoms with E-state index in [4.69, 9.17) is 9.63 Å². The number of unbranched alkanes of at least 4 members (excludes halogenated alkanes) is 1. The molecule has 12 heavy (non-hydrogen) atoms. The Bertz CT molecular complexity index is 233. The highest BCUT2D eigenvalue weighted by Gasteiger charge is 2.00. The van der Waals surface area contributed by atoms with Crippen molar-refractivity contribution < 1.29 is 14.4 Å². The van der Waals surface area contributed by atoms with Crippen LogP contribution in [0.15, 0.2) is 10.9 Å². The highest BCUT2D eigenvalue weighted by molar-refractivity contribution is 5.66. The molecule has 0 aliphatic carbocycles. The summed E-state index contributed by atoms with van der Waals surface area (Å²) in [5, 5.41) is 11.8. The van der Waals surface area contributed by atoms with Crippen molar-refractivity contribution >= 4 is 5.97 Å². The summed E-state index contributed by atoms with van der Waals surface area (Å²) >= 11 is 0. The van der Waals surface area contributed by atoms with Gasteiger partial charge in [0, 0.05) is 12.8 Å². The second-order valence-electron chi connectivity index (χ2n) is 2.44. The average Bonchev–Trinajstić information content (AvgIpc) is 2.49. The molecular weight excluding hydrogens is 160 g/mol. The first-order valence-corrected chi connectivity index (χ1v) is 3.76. The molecule has 1 rings (SSSR count). The van der Waals surface area contributed by atoms with Crippen LogP contribution in [0, 0.1) is 0 Å².